The van der Waals surface area contributed by atoms with Crippen LogP contribution in [0.15, 0.2) is 18.3 Å². The van der Waals surface area contributed by atoms with E-state index in [1.165, 1.54) is 6.20 Å². The van der Waals surface area contributed by atoms with E-state index in [4.69, 9.17) is 16.2 Å². The highest BCUT2D eigenvalue weighted by molar-refractivity contribution is 5.92. The average Bonchev–Trinajstić information content (AvgIpc) is 2.75. The molecule has 0 radical (unpaired) electrons. The molecule has 0 saturated heterocycles. The molecule has 0 aromatic carbocycles. The first-order valence-electron chi connectivity index (χ1n) is 5.77. The number of pyridine rings is 1. The Morgan fingerprint density at radius 3 is 2.65 bits per heavy atom. The SMILES string of the molecule is NC(=O)c1ccc(OCC2(N)CCCC2)nc1. The normalized spacial score (nSPS) is 17.9. The predicted octanol–water partition coefficient (Wildman–Crippen LogP) is 0.831. The summed E-state index contributed by atoms with van der Waals surface area (Å²) < 4.78 is 5.54. The number of carbonyl (C=O) groups is 1. The molecule has 1 heterocycles. The van der Waals surface area contributed by atoms with Gasteiger partial charge in [-0.2, -0.15) is 0 Å². The molecule has 1 amide bonds. The quantitative estimate of drug-likeness (QED) is 0.808. The molecule has 1 aromatic heterocycles. The number of ether oxygens (including phenoxy) is 1. The Morgan fingerprint density at radius 2 is 2.12 bits per heavy atom. The van der Waals surface area contributed by atoms with Crippen LogP contribution in [0.25, 0.3) is 0 Å². The fourth-order valence-corrected chi connectivity index (χ4v) is 2.05. The summed E-state index contributed by atoms with van der Waals surface area (Å²) in [6.07, 6.45) is 5.72. The highest BCUT2D eigenvalue weighted by atomic mass is 16.5. The van der Waals surface area contributed by atoms with E-state index >= 15 is 0 Å². The minimum absolute atomic E-state index is 0.218. The van der Waals surface area contributed by atoms with Crippen molar-refractivity contribution in [2.75, 3.05) is 6.61 Å². The van der Waals surface area contributed by atoms with Crippen molar-refractivity contribution in [2.24, 2.45) is 11.5 Å². The minimum Gasteiger partial charge on any atom is -0.476 e. The van der Waals surface area contributed by atoms with Gasteiger partial charge in [-0.05, 0) is 18.9 Å². The topological polar surface area (TPSA) is 91.2 Å². The molecule has 0 atom stereocenters. The first-order valence-corrected chi connectivity index (χ1v) is 5.77. The number of rotatable bonds is 4. The molecule has 1 aliphatic rings. The largest absolute Gasteiger partial charge is 0.476 e. The van der Waals surface area contributed by atoms with E-state index in [1.807, 2.05) is 0 Å². The van der Waals surface area contributed by atoms with E-state index in [0.717, 1.165) is 25.7 Å². The van der Waals surface area contributed by atoms with Gasteiger partial charge in [0, 0.05) is 12.3 Å². The van der Waals surface area contributed by atoms with Crippen LogP contribution in [-0.4, -0.2) is 23.0 Å². The van der Waals surface area contributed by atoms with E-state index in [1.54, 1.807) is 12.1 Å². The van der Waals surface area contributed by atoms with Crippen LogP contribution < -0.4 is 16.2 Å². The van der Waals surface area contributed by atoms with Gasteiger partial charge in [-0.15, -0.1) is 0 Å². The molecule has 5 heteroatoms. The monoisotopic (exact) mass is 235 g/mol. The number of hydrogen-bond donors (Lipinski definition) is 2. The van der Waals surface area contributed by atoms with Crippen LogP contribution in [0, 0.1) is 0 Å². The fraction of sp³-hybridized carbons (Fsp3) is 0.500. The Bertz CT molecular complexity index is 397. The molecule has 92 valence electrons. The fourth-order valence-electron chi connectivity index (χ4n) is 2.05. The van der Waals surface area contributed by atoms with Gasteiger partial charge in [0.05, 0.1) is 11.1 Å². The Labute approximate surface area is 100 Å². The van der Waals surface area contributed by atoms with Gasteiger partial charge >= 0.3 is 0 Å². The third-order valence-electron chi connectivity index (χ3n) is 3.13. The van der Waals surface area contributed by atoms with Crippen molar-refractivity contribution < 1.29 is 9.53 Å². The van der Waals surface area contributed by atoms with Gasteiger partial charge in [-0.1, -0.05) is 12.8 Å². The highest BCUT2D eigenvalue weighted by Crippen LogP contribution is 2.27. The number of aromatic nitrogens is 1. The second-order valence-electron chi connectivity index (χ2n) is 4.61. The van der Waals surface area contributed by atoms with Crippen molar-refractivity contribution in [3.8, 4) is 5.88 Å². The lowest BCUT2D eigenvalue weighted by Crippen LogP contribution is -2.42. The summed E-state index contributed by atoms with van der Waals surface area (Å²) in [6, 6.07) is 3.24. The lowest BCUT2D eigenvalue weighted by atomic mass is 10.0. The summed E-state index contributed by atoms with van der Waals surface area (Å²) in [5, 5.41) is 0. The molecule has 4 N–H and O–H groups in total. The van der Waals surface area contributed by atoms with Gasteiger partial charge in [-0.3, -0.25) is 4.79 Å². The van der Waals surface area contributed by atoms with Gasteiger partial charge in [0.2, 0.25) is 11.8 Å². The molecular weight excluding hydrogens is 218 g/mol. The summed E-state index contributed by atoms with van der Waals surface area (Å²) in [5.41, 5.74) is 11.4. The molecule has 2 rings (SSSR count). The first-order chi connectivity index (χ1) is 8.09. The van der Waals surface area contributed by atoms with Crippen molar-refractivity contribution in [1.82, 2.24) is 4.98 Å². The lowest BCUT2D eigenvalue weighted by Gasteiger charge is -2.23. The molecule has 1 aromatic rings. The van der Waals surface area contributed by atoms with E-state index in [0.29, 0.717) is 18.1 Å². The summed E-state index contributed by atoms with van der Waals surface area (Å²) in [5.74, 6) is -0.0122. The Morgan fingerprint density at radius 1 is 1.41 bits per heavy atom. The van der Waals surface area contributed by atoms with Crippen LogP contribution in [0.4, 0.5) is 0 Å². The molecule has 1 fully saturated rings. The molecule has 0 aliphatic heterocycles. The van der Waals surface area contributed by atoms with Gasteiger partial charge in [0.15, 0.2) is 0 Å². The van der Waals surface area contributed by atoms with Crippen molar-refractivity contribution in [3.05, 3.63) is 23.9 Å². The standard InChI is InChI=1S/C12H17N3O2/c13-11(16)9-3-4-10(15-7-9)17-8-12(14)5-1-2-6-12/h3-4,7H,1-2,5-6,8,14H2,(H2,13,16). The summed E-state index contributed by atoms with van der Waals surface area (Å²) in [7, 11) is 0. The minimum atomic E-state index is -0.491. The molecule has 1 saturated carbocycles. The molecule has 5 nitrogen and oxygen atoms in total. The van der Waals surface area contributed by atoms with Gasteiger partial charge in [-0.25, -0.2) is 4.98 Å². The number of nitrogens with zero attached hydrogens (tertiary/aromatic N) is 1. The van der Waals surface area contributed by atoms with Gasteiger partial charge in [0.1, 0.15) is 6.61 Å². The number of amides is 1. The van der Waals surface area contributed by atoms with E-state index in [-0.39, 0.29) is 5.54 Å². The molecule has 1 aliphatic carbocycles. The Hall–Kier alpha value is -1.62. The second-order valence-corrected chi connectivity index (χ2v) is 4.61. The zero-order valence-electron chi connectivity index (χ0n) is 9.69. The van der Waals surface area contributed by atoms with Crippen LogP contribution in [0.1, 0.15) is 36.0 Å². The van der Waals surface area contributed by atoms with Gasteiger partial charge < -0.3 is 16.2 Å². The number of hydrogen-bond acceptors (Lipinski definition) is 4. The Balaban J connectivity index is 1.93. The molecule has 17 heavy (non-hydrogen) atoms. The maximum absolute atomic E-state index is 10.9. The number of nitrogens with two attached hydrogens (primary N) is 2. The van der Waals surface area contributed by atoms with Gasteiger partial charge in [0.25, 0.3) is 0 Å². The maximum atomic E-state index is 10.9. The van der Waals surface area contributed by atoms with Crippen LogP contribution in [0.3, 0.4) is 0 Å². The summed E-state index contributed by atoms with van der Waals surface area (Å²) >= 11 is 0. The van der Waals surface area contributed by atoms with E-state index in [2.05, 4.69) is 4.98 Å². The summed E-state index contributed by atoms with van der Waals surface area (Å²) in [6.45, 7) is 0.468. The summed E-state index contributed by atoms with van der Waals surface area (Å²) in [4.78, 5) is 14.9. The van der Waals surface area contributed by atoms with Crippen molar-refractivity contribution in [2.45, 2.75) is 31.2 Å². The van der Waals surface area contributed by atoms with Crippen molar-refractivity contribution in [1.29, 1.82) is 0 Å². The third-order valence-corrected chi connectivity index (χ3v) is 3.13. The highest BCUT2D eigenvalue weighted by Gasteiger charge is 2.30. The zero-order chi connectivity index (χ0) is 12.3. The van der Waals surface area contributed by atoms with Crippen molar-refractivity contribution >= 4 is 5.91 Å². The molecule has 0 unspecified atom stereocenters. The predicted molar refractivity (Wildman–Crippen MR) is 63.6 cm³/mol. The van der Waals surface area contributed by atoms with Crippen LogP contribution in [-0.2, 0) is 0 Å². The number of carbonyl (C=O) groups excluding carboxylic acids is 1. The molecule has 0 bridgehead atoms. The average molecular weight is 235 g/mol. The smallest absolute Gasteiger partial charge is 0.250 e. The molecular formula is C12H17N3O2. The van der Waals surface area contributed by atoms with Crippen LogP contribution in [0.5, 0.6) is 5.88 Å². The first kappa shape index (κ1) is 11.9. The maximum Gasteiger partial charge on any atom is 0.250 e. The Kier molecular flexibility index (Phi) is 3.28. The second kappa shape index (κ2) is 4.71. The van der Waals surface area contributed by atoms with E-state index < -0.39 is 5.91 Å². The van der Waals surface area contributed by atoms with Crippen LogP contribution in [0.2, 0.25) is 0 Å². The van der Waals surface area contributed by atoms with Crippen molar-refractivity contribution in [3.63, 3.8) is 0 Å². The third kappa shape index (κ3) is 2.94. The van der Waals surface area contributed by atoms with Crippen LogP contribution >= 0.6 is 0 Å². The number of primary amides is 1. The van der Waals surface area contributed by atoms with E-state index in [9.17, 15) is 4.79 Å². The lowest BCUT2D eigenvalue weighted by molar-refractivity contribution is 0.1000. The molecule has 0 spiro atoms. The zero-order valence-corrected chi connectivity index (χ0v) is 9.69.